The first kappa shape index (κ1) is 12.9. The lowest BCUT2D eigenvalue weighted by atomic mass is 10.1. The fourth-order valence-electron chi connectivity index (χ4n) is 1.64. The second-order valence-corrected chi connectivity index (χ2v) is 3.81. The summed E-state index contributed by atoms with van der Waals surface area (Å²) in [6, 6.07) is 4.90. The van der Waals surface area contributed by atoms with Gasteiger partial charge in [-0.25, -0.2) is 9.37 Å². The van der Waals surface area contributed by atoms with E-state index in [1.807, 2.05) is 0 Å². The van der Waals surface area contributed by atoms with Crippen molar-refractivity contribution in [3.8, 4) is 5.75 Å². The zero-order valence-electron chi connectivity index (χ0n) is 10.2. The van der Waals surface area contributed by atoms with Crippen LogP contribution in [0, 0.1) is 5.82 Å². The molecule has 2 rings (SSSR count). The number of Topliss-reactive ketones (excluding diaryl/α,β-unsaturated/α-hetero) is 1. The molecule has 0 atom stereocenters. The highest BCUT2D eigenvalue weighted by Crippen LogP contribution is 2.20. The van der Waals surface area contributed by atoms with Crippen LogP contribution in [0.2, 0.25) is 0 Å². The van der Waals surface area contributed by atoms with Crippen molar-refractivity contribution in [2.24, 2.45) is 0 Å². The molecule has 0 saturated heterocycles. The van der Waals surface area contributed by atoms with Crippen LogP contribution in [0.1, 0.15) is 10.4 Å². The number of benzene rings is 1. The van der Waals surface area contributed by atoms with E-state index in [0.29, 0.717) is 0 Å². The number of hydrogen-bond donors (Lipinski definition) is 0. The van der Waals surface area contributed by atoms with Crippen LogP contribution in [-0.2, 0) is 6.54 Å². The lowest BCUT2D eigenvalue weighted by Gasteiger charge is -2.08. The average Bonchev–Trinajstić information content (AvgIpc) is 2.41. The third kappa shape index (κ3) is 2.85. The standard InChI is InChI=1S/C13H11FN2O3/c1-19-12-3-2-9(14)6-10(12)11(17)7-16-8-15-5-4-13(16)18/h2-6,8H,7H2,1H3. The third-order valence-corrected chi connectivity index (χ3v) is 2.57. The van der Waals surface area contributed by atoms with Gasteiger partial charge in [0, 0.05) is 12.3 Å². The molecule has 0 aliphatic rings. The van der Waals surface area contributed by atoms with Gasteiger partial charge in [-0.15, -0.1) is 0 Å². The second-order valence-electron chi connectivity index (χ2n) is 3.81. The molecule has 0 aliphatic carbocycles. The molecule has 1 aromatic carbocycles. The van der Waals surface area contributed by atoms with E-state index in [9.17, 15) is 14.0 Å². The van der Waals surface area contributed by atoms with Gasteiger partial charge < -0.3 is 4.74 Å². The molecule has 1 heterocycles. The van der Waals surface area contributed by atoms with E-state index in [1.54, 1.807) is 0 Å². The van der Waals surface area contributed by atoms with Gasteiger partial charge in [0.2, 0.25) is 0 Å². The van der Waals surface area contributed by atoms with Crippen LogP contribution in [0.15, 0.2) is 41.6 Å². The van der Waals surface area contributed by atoms with Gasteiger partial charge in [-0.1, -0.05) is 0 Å². The van der Waals surface area contributed by atoms with E-state index in [4.69, 9.17) is 4.74 Å². The summed E-state index contributed by atoms with van der Waals surface area (Å²) in [6.07, 6.45) is 2.60. The molecule has 0 radical (unpaired) electrons. The Labute approximate surface area is 108 Å². The van der Waals surface area contributed by atoms with E-state index < -0.39 is 11.6 Å². The smallest absolute Gasteiger partial charge is 0.253 e. The number of ketones is 1. The molecular weight excluding hydrogens is 251 g/mol. The van der Waals surface area contributed by atoms with Crippen molar-refractivity contribution in [2.45, 2.75) is 6.54 Å². The molecule has 1 aromatic heterocycles. The van der Waals surface area contributed by atoms with E-state index in [2.05, 4.69) is 4.98 Å². The van der Waals surface area contributed by atoms with Gasteiger partial charge in [0.15, 0.2) is 5.78 Å². The molecule has 5 nitrogen and oxygen atoms in total. The van der Waals surface area contributed by atoms with Crippen molar-refractivity contribution in [1.82, 2.24) is 9.55 Å². The fourth-order valence-corrected chi connectivity index (χ4v) is 1.64. The predicted molar refractivity (Wildman–Crippen MR) is 65.8 cm³/mol. The summed E-state index contributed by atoms with van der Waals surface area (Å²) in [6.45, 7) is -0.216. The summed E-state index contributed by atoms with van der Waals surface area (Å²) < 4.78 is 19.3. The largest absolute Gasteiger partial charge is 0.496 e. The Balaban J connectivity index is 2.33. The molecule has 0 fully saturated rings. The number of halogens is 1. The maximum Gasteiger partial charge on any atom is 0.253 e. The highest BCUT2D eigenvalue weighted by Gasteiger charge is 2.14. The SMILES string of the molecule is COc1ccc(F)cc1C(=O)Cn1cnccc1=O. The lowest BCUT2D eigenvalue weighted by Crippen LogP contribution is -2.23. The number of aromatic nitrogens is 2. The zero-order valence-corrected chi connectivity index (χ0v) is 10.2. The molecule has 0 bridgehead atoms. The molecule has 6 heteroatoms. The van der Waals surface area contributed by atoms with Crippen LogP contribution >= 0.6 is 0 Å². The molecule has 19 heavy (non-hydrogen) atoms. The van der Waals surface area contributed by atoms with Crippen molar-refractivity contribution in [1.29, 1.82) is 0 Å². The Kier molecular flexibility index (Phi) is 3.70. The number of methoxy groups -OCH3 is 1. The number of hydrogen-bond acceptors (Lipinski definition) is 4. The van der Waals surface area contributed by atoms with Crippen molar-refractivity contribution < 1.29 is 13.9 Å². The highest BCUT2D eigenvalue weighted by atomic mass is 19.1. The Morgan fingerprint density at radius 1 is 1.42 bits per heavy atom. The summed E-state index contributed by atoms with van der Waals surface area (Å²) in [5.74, 6) is -0.697. The molecular formula is C13H11FN2O3. The molecule has 0 N–H and O–H groups in total. The first-order valence-corrected chi connectivity index (χ1v) is 5.49. The van der Waals surface area contributed by atoms with Gasteiger partial charge in [0.05, 0.1) is 25.5 Å². The summed E-state index contributed by atoms with van der Waals surface area (Å²) >= 11 is 0. The van der Waals surface area contributed by atoms with Gasteiger partial charge in [0.25, 0.3) is 5.56 Å². The Morgan fingerprint density at radius 3 is 2.89 bits per heavy atom. The lowest BCUT2D eigenvalue weighted by molar-refractivity contribution is 0.0967. The van der Waals surface area contributed by atoms with Crippen LogP contribution in [0.3, 0.4) is 0 Å². The van der Waals surface area contributed by atoms with Crippen molar-refractivity contribution in [3.63, 3.8) is 0 Å². The second kappa shape index (κ2) is 5.43. The topological polar surface area (TPSA) is 61.2 Å². The number of carbonyl (C=O) groups excluding carboxylic acids is 1. The minimum absolute atomic E-state index is 0.0956. The molecule has 0 saturated carbocycles. The van der Waals surface area contributed by atoms with Crippen molar-refractivity contribution in [3.05, 3.63) is 58.5 Å². The number of carbonyl (C=O) groups is 1. The van der Waals surface area contributed by atoms with E-state index in [1.165, 1.54) is 37.8 Å². The number of ether oxygens (including phenoxy) is 1. The summed E-state index contributed by atoms with van der Waals surface area (Å²) in [7, 11) is 1.39. The van der Waals surface area contributed by atoms with E-state index >= 15 is 0 Å². The van der Waals surface area contributed by atoms with Gasteiger partial charge in [-0.2, -0.15) is 0 Å². The Hall–Kier alpha value is -2.50. The normalized spacial score (nSPS) is 10.2. The first-order chi connectivity index (χ1) is 9.11. The maximum atomic E-state index is 13.2. The quantitative estimate of drug-likeness (QED) is 0.778. The van der Waals surface area contributed by atoms with Crippen molar-refractivity contribution in [2.75, 3.05) is 7.11 Å². The minimum Gasteiger partial charge on any atom is -0.496 e. The van der Waals surface area contributed by atoms with Crippen LogP contribution in [-0.4, -0.2) is 22.4 Å². The summed E-state index contributed by atoms with van der Waals surface area (Å²) in [5.41, 5.74) is -0.253. The van der Waals surface area contributed by atoms with E-state index in [-0.39, 0.29) is 23.4 Å². The molecule has 98 valence electrons. The van der Waals surface area contributed by atoms with Crippen LogP contribution in [0.25, 0.3) is 0 Å². The highest BCUT2D eigenvalue weighted by molar-refractivity contribution is 5.98. The zero-order chi connectivity index (χ0) is 13.8. The summed E-state index contributed by atoms with van der Waals surface area (Å²) in [4.78, 5) is 27.3. The molecule has 0 unspecified atom stereocenters. The van der Waals surface area contributed by atoms with Gasteiger partial charge in [-0.3, -0.25) is 14.2 Å². The molecule has 0 amide bonds. The van der Waals surface area contributed by atoms with Crippen molar-refractivity contribution >= 4 is 5.78 Å². The van der Waals surface area contributed by atoms with Gasteiger partial charge in [0.1, 0.15) is 11.6 Å². The third-order valence-electron chi connectivity index (χ3n) is 2.57. The fraction of sp³-hybridized carbons (Fsp3) is 0.154. The van der Waals surface area contributed by atoms with Gasteiger partial charge in [-0.05, 0) is 18.2 Å². The first-order valence-electron chi connectivity index (χ1n) is 5.49. The number of rotatable bonds is 4. The predicted octanol–water partition coefficient (Wildman–Crippen LogP) is 1.27. The molecule has 0 aliphatic heterocycles. The monoisotopic (exact) mass is 262 g/mol. The molecule has 0 spiro atoms. The van der Waals surface area contributed by atoms with Crippen LogP contribution in [0.5, 0.6) is 5.75 Å². The van der Waals surface area contributed by atoms with Crippen LogP contribution < -0.4 is 10.3 Å². The van der Waals surface area contributed by atoms with Crippen LogP contribution in [0.4, 0.5) is 4.39 Å². The summed E-state index contributed by atoms with van der Waals surface area (Å²) in [5, 5.41) is 0. The Morgan fingerprint density at radius 2 is 2.21 bits per heavy atom. The minimum atomic E-state index is -0.539. The van der Waals surface area contributed by atoms with Gasteiger partial charge >= 0.3 is 0 Å². The number of nitrogens with zero attached hydrogens (tertiary/aromatic N) is 2. The average molecular weight is 262 g/mol. The molecule has 2 aromatic rings. The van der Waals surface area contributed by atoms with E-state index in [0.717, 1.165) is 10.6 Å². The maximum absolute atomic E-state index is 13.2. The Bertz CT molecular complexity index is 667.